The Balaban J connectivity index is 1.83. The summed E-state index contributed by atoms with van der Waals surface area (Å²) in [5.41, 5.74) is 0.378. The first-order valence-electron chi connectivity index (χ1n) is 5.22. The maximum Gasteiger partial charge on any atom is 0.0568 e. The van der Waals surface area contributed by atoms with E-state index in [2.05, 4.69) is 26.9 Å². The van der Waals surface area contributed by atoms with Crippen molar-refractivity contribution in [2.75, 3.05) is 46.2 Å². The first kappa shape index (κ1) is 8.17. The van der Waals surface area contributed by atoms with Gasteiger partial charge in [0, 0.05) is 19.6 Å². The van der Waals surface area contributed by atoms with Crippen LogP contribution in [0.5, 0.6) is 0 Å². The number of hydrogen-bond acceptors (Lipinski definition) is 4. The van der Waals surface area contributed by atoms with Gasteiger partial charge in [-0.25, -0.2) is 0 Å². The monoisotopic (exact) mass is 182 g/mol. The molecule has 4 bridgehead atoms. The summed E-state index contributed by atoms with van der Waals surface area (Å²) in [6, 6.07) is 0. The van der Waals surface area contributed by atoms with Gasteiger partial charge in [0.05, 0.1) is 25.5 Å². The first-order chi connectivity index (χ1) is 6.30. The fourth-order valence-corrected chi connectivity index (χ4v) is 3.26. The largest absolute Gasteiger partial charge is 0.308 e. The molecule has 4 aliphatic rings. The molecule has 0 atom stereocenters. The van der Waals surface area contributed by atoms with Gasteiger partial charge in [-0.2, -0.15) is 0 Å². The normalized spacial score (nSPS) is 52.8. The second-order valence-electron chi connectivity index (χ2n) is 4.72. The minimum atomic E-state index is 0.378. The molecule has 13 heavy (non-hydrogen) atoms. The van der Waals surface area contributed by atoms with Crippen LogP contribution in [0.25, 0.3) is 0 Å². The van der Waals surface area contributed by atoms with Gasteiger partial charge in [0.2, 0.25) is 0 Å². The van der Waals surface area contributed by atoms with E-state index in [1.807, 2.05) is 0 Å². The zero-order valence-corrected chi connectivity index (χ0v) is 8.29. The molecule has 0 radical (unpaired) electrons. The van der Waals surface area contributed by atoms with Crippen molar-refractivity contribution in [2.24, 2.45) is 0 Å². The lowest BCUT2D eigenvalue weighted by molar-refractivity contribution is -0.149. The molecule has 4 aliphatic heterocycles. The van der Waals surface area contributed by atoms with E-state index in [0.29, 0.717) is 5.54 Å². The number of rotatable bonds is 2. The van der Waals surface area contributed by atoms with Crippen molar-refractivity contribution in [3.05, 3.63) is 0 Å². The fraction of sp³-hybridized carbons (Fsp3) is 1.00. The van der Waals surface area contributed by atoms with E-state index in [0.717, 1.165) is 6.54 Å². The first-order valence-corrected chi connectivity index (χ1v) is 5.22. The molecule has 4 rings (SSSR count). The molecule has 1 N–H and O–H groups in total. The zero-order valence-electron chi connectivity index (χ0n) is 8.29. The Morgan fingerprint density at radius 1 is 1.00 bits per heavy atom. The van der Waals surface area contributed by atoms with Crippen LogP contribution in [0.2, 0.25) is 0 Å². The molecule has 0 spiro atoms. The SMILES string of the molecule is CCNC12CN3CN(CN(C3)C1)C2. The topological polar surface area (TPSA) is 21.8 Å². The Morgan fingerprint density at radius 3 is 1.85 bits per heavy atom. The maximum atomic E-state index is 3.67. The Kier molecular flexibility index (Phi) is 1.68. The molecule has 4 fully saturated rings. The summed E-state index contributed by atoms with van der Waals surface area (Å²) in [4.78, 5) is 7.62. The highest BCUT2D eigenvalue weighted by Gasteiger charge is 2.47. The van der Waals surface area contributed by atoms with Crippen LogP contribution in [0.15, 0.2) is 0 Å². The summed E-state index contributed by atoms with van der Waals surface area (Å²) < 4.78 is 0. The van der Waals surface area contributed by atoms with E-state index in [4.69, 9.17) is 0 Å². The van der Waals surface area contributed by atoms with Crippen molar-refractivity contribution in [1.82, 2.24) is 20.0 Å². The lowest BCUT2D eigenvalue weighted by atomic mass is 9.91. The van der Waals surface area contributed by atoms with Crippen molar-refractivity contribution < 1.29 is 0 Å². The van der Waals surface area contributed by atoms with Gasteiger partial charge in [-0.05, 0) is 6.54 Å². The molecule has 0 unspecified atom stereocenters. The Hall–Kier alpha value is -0.160. The Morgan fingerprint density at radius 2 is 1.46 bits per heavy atom. The van der Waals surface area contributed by atoms with Crippen molar-refractivity contribution in [3.8, 4) is 0 Å². The molecule has 0 aliphatic carbocycles. The van der Waals surface area contributed by atoms with Crippen molar-refractivity contribution in [3.63, 3.8) is 0 Å². The third-order valence-electron chi connectivity index (χ3n) is 3.33. The summed E-state index contributed by atoms with van der Waals surface area (Å²) >= 11 is 0. The number of nitrogens with zero attached hydrogens (tertiary/aromatic N) is 3. The van der Waals surface area contributed by atoms with Crippen LogP contribution >= 0.6 is 0 Å². The summed E-state index contributed by atoms with van der Waals surface area (Å²) in [6.45, 7) is 10.6. The smallest absolute Gasteiger partial charge is 0.0568 e. The molecule has 4 heteroatoms. The van der Waals surface area contributed by atoms with Gasteiger partial charge in [-0.15, -0.1) is 0 Å². The molecule has 0 aromatic rings. The minimum absolute atomic E-state index is 0.378. The van der Waals surface area contributed by atoms with Crippen molar-refractivity contribution in [1.29, 1.82) is 0 Å². The molecule has 0 amide bonds. The van der Waals surface area contributed by atoms with Crippen LogP contribution in [-0.4, -0.2) is 66.4 Å². The minimum Gasteiger partial charge on any atom is -0.308 e. The van der Waals surface area contributed by atoms with Crippen molar-refractivity contribution >= 4 is 0 Å². The summed E-state index contributed by atoms with van der Waals surface area (Å²) in [7, 11) is 0. The van der Waals surface area contributed by atoms with Crippen LogP contribution in [0, 0.1) is 0 Å². The number of nitrogens with one attached hydrogen (secondary N) is 1. The fourth-order valence-electron chi connectivity index (χ4n) is 3.26. The van der Waals surface area contributed by atoms with Crippen LogP contribution in [0.4, 0.5) is 0 Å². The standard InChI is InChI=1S/C9H18N4/c1-2-10-9-3-11-6-12(4-9)8-13(5-9)7-11/h10H,2-8H2,1H3. The number of likely N-dealkylation sites (N-methyl/N-ethyl adjacent to an activating group) is 1. The molecule has 4 heterocycles. The molecular weight excluding hydrogens is 164 g/mol. The molecule has 4 nitrogen and oxygen atoms in total. The maximum absolute atomic E-state index is 3.67. The third kappa shape index (κ3) is 1.21. The summed E-state index contributed by atoms with van der Waals surface area (Å²) in [5.74, 6) is 0. The lowest BCUT2D eigenvalue weighted by Crippen LogP contribution is -2.79. The van der Waals surface area contributed by atoms with Crippen molar-refractivity contribution in [2.45, 2.75) is 12.5 Å². The van der Waals surface area contributed by atoms with Gasteiger partial charge in [-0.1, -0.05) is 6.92 Å². The average Bonchev–Trinajstić information content (AvgIpc) is 2.00. The second-order valence-corrected chi connectivity index (χ2v) is 4.72. The lowest BCUT2D eigenvalue weighted by Gasteiger charge is -2.60. The van der Waals surface area contributed by atoms with Gasteiger partial charge in [-0.3, -0.25) is 14.7 Å². The predicted octanol–water partition coefficient (Wildman–Crippen LogP) is -0.846. The van der Waals surface area contributed by atoms with E-state index in [9.17, 15) is 0 Å². The van der Waals surface area contributed by atoms with Gasteiger partial charge in [0.25, 0.3) is 0 Å². The molecule has 0 saturated carbocycles. The average molecular weight is 182 g/mol. The highest BCUT2D eigenvalue weighted by Crippen LogP contribution is 2.28. The molecule has 74 valence electrons. The Labute approximate surface area is 79.5 Å². The molecule has 0 aromatic heterocycles. The predicted molar refractivity (Wildman–Crippen MR) is 51.1 cm³/mol. The molecule has 0 aromatic carbocycles. The van der Waals surface area contributed by atoms with E-state index in [1.54, 1.807) is 0 Å². The van der Waals surface area contributed by atoms with Crippen LogP contribution in [0.3, 0.4) is 0 Å². The van der Waals surface area contributed by atoms with Gasteiger partial charge in [0.15, 0.2) is 0 Å². The van der Waals surface area contributed by atoms with E-state index in [-0.39, 0.29) is 0 Å². The quantitative estimate of drug-likeness (QED) is 0.601. The molecular formula is C9H18N4. The van der Waals surface area contributed by atoms with Gasteiger partial charge >= 0.3 is 0 Å². The highest BCUT2D eigenvalue weighted by atomic mass is 15.6. The Bertz CT molecular complexity index is 180. The number of hydrogen-bond donors (Lipinski definition) is 1. The summed E-state index contributed by atoms with van der Waals surface area (Å²) in [5, 5.41) is 3.67. The van der Waals surface area contributed by atoms with E-state index < -0.39 is 0 Å². The van der Waals surface area contributed by atoms with Crippen LogP contribution in [-0.2, 0) is 0 Å². The zero-order chi connectivity index (χ0) is 8.89. The van der Waals surface area contributed by atoms with Crippen LogP contribution in [0.1, 0.15) is 6.92 Å². The molecule has 4 saturated heterocycles. The van der Waals surface area contributed by atoms with E-state index in [1.165, 1.54) is 39.6 Å². The van der Waals surface area contributed by atoms with Gasteiger partial charge < -0.3 is 5.32 Å². The third-order valence-corrected chi connectivity index (χ3v) is 3.33. The second kappa shape index (κ2) is 2.67. The highest BCUT2D eigenvalue weighted by molar-refractivity contribution is 5.05. The summed E-state index contributed by atoms with van der Waals surface area (Å²) in [6.07, 6.45) is 0. The van der Waals surface area contributed by atoms with Gasteiger partial charge in [0.1, 0.15) is 0 Å². The van der Waals surface area contributed by atoms with E-state index >= 15 is 0 Å². The van der Waals surface area contributed by atoms with Crippen LogP contribution < -0.4 is 5.32 Å².